The van der Waals surface area contributed by atoms with Crippen molar-refractivity contribution in [3.8, 4) is 0 Å². The van der Waals surface area contributed by atoms with Crippen molar-refractivity contribution in [2.75, 3.05) is 13.2 Å². The van der Waals surface area contributed by atoms with Gasteiger partial charge in [-0.25, -0.2) is 0 Å². The van der Waals surface area contributed by atoms with Crippen LogP contribution < -0.4 is 5.32 Å². The summed E-state index contributed by atoms with van der Waals surface area (Å²) in [5.41, 5.74) is -0.214. The van der Waals surface area contributed by atoms with E-state index >= 15 is 0 Å². The van der Waals surface area contributed by atoms with Gasteiger partial charge in [0.1, 0.15) is 0 Å². The van der Waals surface area contributed by atoms with Crippen molar-refractivity contribution in [3.63, 3.8) is 0 Å². The highest BCUT2D eigenvalue weighted by Gasteiger charge is 2.35. The summed E-state index contributed by atoms with van der Waals surface area (Å²) in [6.07, 6.45) is 4.43. The molecule has 0 saturated heterocycles. The van der Waals surface area contributed by atoms with Gasteiger partial charge in [0.2, 0.25) is 5.91 Å². The molecule has 0 spiro atoms. The molecule has 0 bridgehead atoms. The maximum absolute atomic E-state index is 11.8. The number of hydrogen-bond acceptors (Lipinski definition) is 3. The average Bonchev–Trinajstić information content (AvgIpc) is 2.67. The Bertz CT molecular complexity index is 257. The molecular formula is C12H21NO3. The number of esters is 1. The Balaban J connectivity index is 2.22. The molecule has 0 heterocycles. The molecule has 0 atom stereocenters. The molecule has 0 radical (unpaired) electrons. The Morgan fingerprint density at radius 2 is 1.94 bits per heavy atom. The van der Waals surface area contributed by atoms with Gasteiger partial charge in [0.25, 0.3) is 0 Å². The average molecular weight is 227 g/mol. The van der Waals surface area contributed by atoms with E-state index in [2.05, 4.69) is 5.32 Å². The van der Waals surface area contributed by atoms with E-state index in [4.69, 9.17) is 4.74 Å². The van der Waals surface area contributed by atoms with Gasteiger partial charge in [0, 0.05) is 12.0 Å². The molecular weight excluding hydrogens is 206 g/mol. The van der Waals surface area contributed by atoms with Crippen LogP contribution in [0.2, 0.25) is 0 Å². The van der Waals surface area contributed by atoms with E-state index in [1.807, 2.05) is 6.92 Å². The second-order valence-corrected chi connectivity index (χ2v) is 4.58. The van der Waals surface area contributed by atoms with E-state index in [0.29, 0.717) is 13.2 Å². The van der Waals surface area contributed by atoms with Crippen LogP contribution in [0.4, 0.5) is 0 Å². The first-order valence-corrected chi connectivity index (χ1v) is 6.02. The zero-order valence-electron chi connectivity index (χ0n) is 10.2. The van der Waals surface area contributed by atoms with Crippen LogP contribution >= 0.6 is 0 Å². The summed E-state index contributed by atoms with van der Waals surface area (Å²) >= 11 is 0. The van der Waals surface area contributed by atoms with E-state index < -0.39 is 0 Å². The van der Waals surface area contributed by atoms with Gasteiger partial charge in [-0.05, 0) is 19.8 Å². The van der Waals surface area contributed by atoms with E-state index in [1.165, 1.54) is 0 Å². The van der Waals surface area contributed by atoms with E-state index in [9.17, 15) is 9.59 Å². The molecule has 0 unspecified atom stereocenters. The van der Waals surface area contributed by atoms with Gasteiger partial charge in [-0.2, -0.15) is 0 Å². The molecule has 4 nitrogen and oxygen atoms in total. The monoisotopic (exact) mass is 227 g/mol. The maximum atomic E-state index is 11.8. The normalized spacial score (nSPS) is 18.1. The van der Waals surface area contributed by atoms with Crippen LogP contribution in [0, 0.1) is 5.41 Å². The van der Waals surface area contributed by atoms with Gasteiger partial charge in [-0.15, -0.1) is 0 Å². The van der Waals surface area contributed by atoms with Crippen molar-refractivity contribution in [2.24, 2.45) is 5.41 Å². The summed E-state index contributed by atoms with van der Waals surface area (Å²) in [5.74, 6) is -0.173. The molecule has 0 aliphatic heterocycles. The Labute approximate surface area is 96.7 Å². The molecule has 1 aliphatic carbocycles. The standard InChI is InChI=1S/C12H21NO3/c1-3-16-10(14)6-9-13-11(15)12(2)7-4-5-8-12/h3-9H2,1-2H3,(H,13,15). The topological polar surface area (TPSA) is 55.4 Å². The van der Waals surface area contributed by atoms with Crippen molar-refractivity contribution in [2.45, 2.75) is 46.0 Å². The Hall–Kier alpha value is -1.06. The lowest BCUT2D eigenvalue weighted by Gasteiger charge is -2.21. The molecule has 1 rings (SSSR count). The first-order chi connectivity index (χ1) is 7.58. The molecule has 1 aliphatic rings. The number of carbonyl (C=O) groups excluding carboxylic acids is 2. The number of amides is 1. The van der Waals surface area contributed by atoms with Gasteiger partial charge >= 0.3 is 5.97 Å². The highest BCUT2D eigenvalue weighted by Crippen LogP contribution is 2.37. The predicted molar refractivity (Wildman–Crippen MR) is 60.8 cm³/mol. The lowest BCUT2D eigenvalue weighted by atomic mass is 9.88. The smallest absolute Gasteiger partial charge is 0.307 e. The number of carbonyl (C=O) groups is 2. The predicted octanol–water partition coefficient (Wildman–Crippen LogP) is 1.64. The van der Waals surface area contributed by atoms with Crippen LogP contribution in [0.25, 0.3) is 0 Å². The summed E-state index contributed by atoms with van der Waals surface area (Å²) in [6.45, 7) is 4.55. The van der Waals surface area contributed by atoms with Gasteiger partial charge < -0.3 is 10.1 Å². The van der Waals surface area contributed by atoms with Crippen LogP contribution in [-0.4, -0.2) is 25.0 Å². The molecule has 16 heavy (non-hydrogen) atoms. The minimum Gasteiger partial charge on any atom is -0.466 e. The van der Waals surface area contributed by atoms with Crippen LogP contribution in [0.5, 0.6) is 0 Å². The highest BCUT2D eigenvalue weighted by molar-refractivity contribution is 5.82. The number of nitrogens with one attached hydrogen (secondary N) is 1. The largest absolute Gasteiger partial charge is 0.466 e. The molecule has 0 aromatic heterocycles. The lowest BCUT2D eigenvalue weighted by Crippen LogP contribution is -2.38. The van der Waals surface area contributed by atoms with Crippen molar-refractivity contribution in [3.05, 3.63) is 0 Å². The fourth-order valence-corrected chi connectivity index (χ4v) is 2.11. The maximum Gasteiger partial charge on any atom is 0.307 e. The third kappa shape index (κ3) is 3.51. The van der Waals surface area contributed by atoms with Crippen LogP contribution in [0.15, 0.2) is 0 Å². The summed E-state index contributed by atoms with van der Waals surface area (Å²) in [5, 5.41) is 2.81. The number of rotatable bonds is 5. The Morgan fingerprint density at radius 1 is 1.31 bits per heavy atom. The fourth-order valence-electron chi connectivity index (χ4n) is 2.11. The SMILES string of the molecule is CCOC(=O)CCNC(=O)C1(C)CCCC1. The van der Waals surface area contributed by atoms with Gasteiger partial charge in [-0.3, -0.25) is 9.59 Å². The summed E-state index contributed by atoms with van der Waals surface area (Å²) in [6, 6.07) is 0. The van der Waals surface area contributed by atoms with Crippen molar-refractivity contribution in [1.29, 1.82) is 0 Å². The highest BCUT2D eigenvalue weighted by atomic mass is 16.5. The van der Waals surface area contributed by atoms with Crippen LogP contribution in [0.3, 0.4) is 0 Å². The van der Waals surface area contributed by atoms with Gasteiger partial charge in [0.15, 0.2) is 0 Å². The fraction of sp³-hybridized carbons (Fsp3) is 0.833. The summed E-state index contributed by atoms with van der Waals surface area (Å²) in [4.78, 5) is 22.9. The van der Waals surface area contributed by atoms with Crippen molar-refractivity contribution >= 4 is 11.9 Å². The van der Waals surface area contributed by atoms with E-state index in [0.717, 1.165) is 25.7 Å². The Morgan fingerprint density at radius 3 is 2.50 bits per heavy atom. The first-order valence-electron chi connectivity index (χ1n) is 6.02. The second kappa shape index (κ2) is 5.87. The first kappa shape index (κ1) is 13.0. The summed E-state index contributed by atoms with van der Waals surface area (Å²) in [7, 11) is 0. The molecule has 1 N–H and O–H groups in total. The lowest BCUT2D eigenvalue weighted by molar-refractivity contribution is -0.143. The molecule has 0 aromatic carbocycles. The van der Waals surface area contributed by atoms with Crippen LogP contribution in [-0.2, 0) is 14.3 Å². The second-order valence-electron chi connectivity index (χ2n) is 4.58. The number of ether oxygens (including phenoxy) is 1. The van der Waals surface area contributed by atoms with Crippen molar-refractivity contribution < 1.29 is 14.3 Å². The molecule has 0 aromatic rings. The quantitative estimate of drug-likeness (QED) is 0.726. The third-order valence-corrected chi connectivity index (χ3v) is 3.18. The Kier molecular flexibility index (Phi) is 4.77. The minimum atomic E-state index is -0.251. The molecule has 1 fully saturated rings. The van der Waals surface area contributed by atoms with E-state index in [1.54, 1.807) is 6.92 Å². The van der Waals surface area contributed by atoms with Gasteiger partial charge in [0.05, 0.1) is 13.0 Å². The van der Waals surface area contributed by atoms with E-state index in [-0.39, 0.29) is 23.7 Å². The van der Waals surface area contributed by atoms with Gasteiger partial charge in [-0.1, -0.05) is 19.8 Å². The molecule has 1 amide bonds. The van der Waals surface area contributed by atoms with Crippen LogP contribution in [0.1, 0.15) is 46.0 Å². The zero-order chi connectivity index (χ0) is 12.0. The number of hydrogen-bond donors (Lipinski definition) is 1. The summed E-state index contributed by atoms with van der Waals surface area (Å²) < 4.78 is 4.78. The minimum absolute atomic E-state index is 0.0781. The zero-order valence-corrected chi connectivity index (χ0v) is 10.2. The molecule has 92 valence electrons. The van der Waals surface area contributed by atoms with Crippen molar-refractivity contribution in [1.82, 2.24) is 5.32 Å². The molecule has 4 heteroatoms. The third-order valence-electron chi connectivity index (χ3n) is 3.18. The molecule has 1 saturated carbocycles.